The number of nitrogens with one attached hydrogen (secondary N) is 2. The highest BCUT2D eigenvalue weighted by Crippen LogP contribution is 2.44. The average Bonchev–Trinajstić information content (AvgIpc) is 3.24. The summed E-state index contributed by atoms with van der Waals surface area (Å²) >= 11 is 0. The molecule has 0 unspecified atom stereocenters. The Bertz CT molecular complexity index is 860. The van der Waals surface area contributed by atoms with E-state index in [1.807, 2.05) is 0 Å². The molecule has 0 radical (unpaired) electrons. The van der Waals surface area contributed by atoms with Crippen molar-refractivity contribution in [3.63, 3.8) is 0 Å². The molecule has 1 amide bonds. The van der Waals surface area contributed by atoms with Gasteiger partial charge in [0, 0.05) is 5.92 Å². The van der Waals surface area contributed by atoms with E-state index in [0.717, 1.165) is 23.0 Å². The van der Waals surface area contributed by atoms with E-state index in [0.29, 0.717) is 18.9 Å². The van der Waals surface area contributed by atoms with E-state index in [-0.39, 0.29) is 35.3 Å². The molecule has 0 bridgehead atoms. The highest BCUT2D eigenvalue weighted by Gasteiger charge is 2.38. The Kier molecular flexibility index (Phi) is 5.26. The van der Waals surface area contributed by atoms with Gasteiger partial charge in [-0.3, -0.25) is 15.5 Å². The van der Waals surface area contributed by atoms with Gasteiger partial charge in [-0.25, -0.2) is 9.07 Å². The van der Waals surface area contributed by atoms with E-state index in [4.69, 9.17) is 11.1 Å². The van der Waals surface area contributed by atoms with Crippen LogP contribution >= 0.6 is 12.4 Å². The lowest BCUT2D eigenvalue weighted by atomic mass is 10.1. The zero-order valence-electron chi connectivity index (χ0n) is 13.1. The number of benzene rings is 1. The molecule has 1 saturated carbocycles. The lowest BCUT2D eigenvalue weighted by Crippen LogP contribution is -2.36. The molecule has 0 saturated heterocycles. The first-order valence-electron chi connectivity index (χ1n) is 7.29. The van der Waals surface area contributed by atoms with E-state index in [1.165, 1.54) is 0 Å². The standard InChI is InChI=1S/C15H13F4N5O.ClH/c16-8-3-4-11(10(5-8)15(17,18)19)24-12(7-1-2-7)9(6-22-24)13(25)23-14(20)21;/h3-7H,1-2H2,(H4,20,21,23,25);1H. The van der Waals surface area contributed by atoms with Crippen molar-refractivity contribution in [1.82, 2.24) is 15.1 Å². The van der Waals surface area contributed by atoms with Crippen LogP contribution in [0, 0.1) is 11.2 Å². The van der Waals surface area contributed by atoms with Crippen molar-refractivity contribution in [1.29, 1.82) is 5.41 Å². The molecule has 1 aromatic carbocycles. The Hall–Kier alpha value is -2.62. The number of alkyl halides is 3. The third kappa shape index (κ3) is 3.79. The van der Waals surface area contributed by atoms with Crippen LogP contribution in [-0.2, 0) is 6.18 Å². The number of hydrogen-bond donors (Lipinski definition) is 3. The summed E-state index contributed by atoms with van der Waals surface area (Å²) in [6, 6.07) is 2.27. The topological polar surface area (TPSA) is 96.8 Å². The number of hydrogen-bond acceptors (Lipinski definition) is 3. The van der Waals surface area contributed by atoms with Crippen LogP contribution in [0.3, 0.4) is 0 Å². The van der Waals surface area contributed by atoms with Gasteiger partial charge in [0.2, 0.25) is 0 Å². The highest BCUT2D eigenvalue weighted by atomic mass is 35.5. The molecule has 0 atom stereocenters. The Morgan fingerprint density at radius 3 is 2.54 bits per heavy atom. The number of carbonyl (C=O) groups excluding carboxylic acids is 1. The third-order valence-electron chi connectivity index (χ3n) is 3.76. The second-order valence-corrected chi connectivity index (χ2v) is 5.66. The van der Waals surface area contributed by atoms with Crippen LogP contribution < -0.4 is 11.1 Å². The highest BCUT2D eigenvalue weighted by molar-refractivity contribution is 6.05. The van der Waals surface area contributed by atoms with Gasteiger partial charge in [0.05, 0.1) is 28.7 Å². The van der Waals surface area contributed by atoms with Gasteiger partial charge < -0.3 is 5.73 Å². The summed E-state index contributed by atoms with van der Waals surface area (Å²) in [5.41, 5.74) is 3.90. The van der Waals surface area contributed by atoms with Crippen molar-refractivity contribution in [2.24, 2.45) is 5.73 Å². The summed E-state index contributed by atoms with van der Waals surface area (Å²) in [7, 11) is 0. The zero-order chi connectivity index (χ0) is 18.4. The second-order valence-electron chi connectivity index (χ2n) is 5.66. The van der Waals surface area contributed by atoms with Crippen LogP contribution in [0.2, 0.25) is 0 Å². The second kappa shape index (κ2) is 6.94. The molecule has 6 nitrogen and oxygen atoms in total. The van der Waals surface area contributed by atoms with Crippen molar-refractivity contribution < 1.29 is 22.4 Å². The summed E-state index contributed by atoms with van der Waals surface area (Å²) in [6.07, 6.45) is -2.29. The minimum atomic E-state index is -4.79. The molecule has 140 valence electrons. The van der Waals surface area contributed by atoms with E-state index >= 15 is 0 Å². The number of amides is 1. The van der Waals surface area contributed by atoms with Gasteiger partial charge in [0.15, 0.2) is 5.96 Å². The Morgan fingerprint density at radius 2 is 2.00 bits per heavy atom. The molecule has 4 N–H and O–H groups in total. The molecule has 1 aromatic heterocycles. The largest absolute Gasteiger partial charge is 0.418 e. The number of aromatic nitrogens is 2. The molecule has 11 heteroatoms. The molecule has 1 aliphatic rings. The first-order valence-corrected chi connectivity index (χ1v) is 7.29. The molecule has 26 heavy (non-hydrogen) atoms. The number of guanidine groups is 1. The summed E-state index contributed by atoms with van der Waals surface area (Å²) < 4.78 is 54.1. The maximum atomic E-state index is 13.3. The van der Waals surface area contributed by atoms with Crippen LogP contribution in [-0.4, -0.2) is 21.6 Å². The SMILES string of the molecule is Cl.N=C(N)NC(=O)c1cnn(-c2ccc(F)cc2C(F)(F)F)c1C1CC1. The lowest BCUT2D eigenvalue weighted by Gasteiger charge is -2.15. The Labute approximate surface area is 151 Å². The van der Waals surface area contributed by atoms with Crippen molar-refractivity contribution >= 4 is 24.3 Å². The number of carbonyl (C=O) groups is 1. The first kappa shape index (κ1) is 19.7. The van der Waals surface area contributed by atoms with Crippen LogP contribution in [0.1, 0.15) is 40.4 Å². The van der Waals surface area contributed by atoms with Crippen molar-refractivity contribution in [3.8, 4) is 5.69 Å². The number of nitrogens with two attached hydrogens (primary N) is 1. The fourth-order valence-corrected chi connectivity index (χ4v) is 2.58. The molecule has 1 fully saturated rings. The molecular weight excluding hydrogens is 378 g/mol. The van der Waals surface area contributed by atoms with E-state index < -0.39 is 29.4 Å². The monoisotopic (exact) mass is 391 g/mol. The Balaban J connectivity index is 0.00000243. The summed E-state index contributed by atoms with van der Waals surface area (Å²) in [4.78, 5) is 12.1. The maximum Gasteiger partial charge on any atom is 0.418 e. The zero-order valence-corrected chi connectivity index (χ0v) is 13.9. The summed E-state index contributed by atoms with van der Waals surface area (Å²) in [5.74, 6) is -2.47. The van der Waals surface area contributed by atoms with Gasteiger partial charge in [-0.15, -0.1) is 12.4 Å². The normalized spacial score (nSPS) is 13.8. The minimum Gasteiger partial charge on any atom is -0.370 e. The molecule has 0 spiro atoms. The first-order chi connectivity index (χ1) is 11.7. The van der Waals surface area contributed by atoms with Crippen LogP contribution in [0.15, 0.2) is 24.4 Å². The van der Waals surface area contributed by atoms with E-state index in [2.05, 4.69) is 10.4 Å². The fraction of sp³-hybridized carbons (Fsp3) is 0.267. The number of rotatable bonds is 3. The molecular formula is C15H14ClF4N5O. The van der Waals surface area contributed by atoms with Gasteiger partial charge in [-0.2, -0.15) is 18.3 Å². The van der Waals surface area contributed by atoms with Crippen molar-refractivity contribution in [2.75, 3.05) is 0 Å². The van der Waals surface area contributed by atoms with Gasteiger partial charge in [0.1, 0.15) is 5.82 Å². The predicted octanol–water partition coefficient (Wildman–Crippen LogP) is 2.95. The minimum absolute atomic E-state index is 0. The summed E-state index contributed by atoms with van der Waals surface area (Å²) in [5, 5.41) is 13.1. The fourth-order valence-electron chi connectivity index (χ4n) is 2.58. The molecule has 1 heterocycles. The van der Waals surface area contributed by atoms with Gasteiger partial charge in [-0.1, -0.05) is 0 Å². The van der Waals surface area contributed by atoms with Crippen molar-refractivity contribution in [2.45, 2.75) is 24.9 Å². The predicted molar refractivity (Wildman–Crippen MR) is 87.1 cm³/mol. The number of halogens is 5. The molecule has 2 aromatic rings. The maximum absolute atomic E-state index is 13.3. The van der Waals surface area contributed by atoms with Gasteiger partial charge in [-0.05, 0) is 31.0 Å². The van der Waals surface area contributed by atoms with Gasteiger partial charge in [0.25, 0.3) is 5.91 Å². The smallest absolute Gasteiger partial charge is 0.370 e. The van der Waals surface area contributed by atoms with E-state index in [1.54, 1.807) is 0 Å². The van der Waals surface area contributed by atoms with E-state index in [9.17, 15) is 22.4 Å². The third-order valence-corrected chi connectivity index (χ3v) is 3.76. The molecule has 3 rings (SSSR count). The average molecular weight is 392 g/mol. The van der Waals surface area contributed by atoms with Crippen molar-refractivity contribution in [3.05, 3.63) is 47.0 Å². The lowest BCUT2D eigenvalue weighted by molar-refractivity contribution is -0.137. The summed E-state index contributed by atoms with van der Waals surface area (Å²) in [6.45, 7) is 0. The van der Waals surface area contributed by atoms with Gasteiger partial charge >= 0.3 is 6.18 Å². The van der Waals surface area contributed by atoms with Crippen LogP contribution in [0.5, 0.6) is 0 Å². The quantitative estimate of drug-likeness (QED) is 0.426. The Morgan fingerprint density at radius 1 is 1.35 bits per heavy atom. The molecule has 1 aliphatic carbocycles. The van der Waals surface area contributed by atoms with Crippen LogP contribution in [0.25, 0.3) is 5.69 Å². The van der Waals surface area contributed by atoms with Crippen LogP contribution in [0.4, 0.5) is 17.6 Å². The molecule has 0 aliphatic heterocycles. The number of nitrogens with zero attached hydrogens (tertiary/aromatic N) is 2.